The van der Waals surface area contributed by atoms with E-state index in [1.165, 1.54) is 6.42 Å². The Labute approximate surface area is 125 Å². The van der Waals surface area contributed by atoms with Crippen LogP contribution >= 0.6 is 0 Å². The first-order valence-electron chi connectivity index (χ1n) is 7.76. The quantitative estimate of drug-likeness (QED) is 0.620. The smallest absolute Gasteiger partial charge is 0.333 e. The van der Waals surface area contributed by atoms with E-state index in [1.807, 2.05) is 6.92 Å². The van der Waals surface area contributed by atoms with Crippen molar-refractivity contribution in [3.05, 3.63) is 15.8 Å². The Morgan fingerprint density at radius 2 is 2.19 bits per heavy atom. The summed E-state index contributed by atoms with van der Waals surface area (Å²) >= 11 is 0. The van der Waals surface area contributed by atoms with Gasteiger partial charge in [-0.15, -0.1) is 0 Å². The van der Waals surface area contributed by atoms with Crippen molar-refractivity contribution < 1.29 is 4.92 Å². The van der Waals surface area contributed by atoms with Gasteiger partial charge in [0.2, 0.25) is 5.82 Å². The lowest BCUT2D eigenvalue weighted by molar-refractivity contribution is -0.384. The maximum absolute atomic E-state index is 11.3. The normalized spacial score (nSPS) is 22.2. The SMILES string of the molecule is CCCn1nc(C)c([N+](=O)[O-])c1NC1CCCCC1CN. The fraction of sp³-hybridized carbons (Fsp3) is 0.786. The van der Waals surface area contributed by atoms with Crippen LogP contribution in [0.3, 0.4) is 0 Å². The van der Waals surface area contributed by atoms with Crippen molar-refractivity contribution in [1.29, 1.82) is 0 Å². The summed E-state index contributed by atoms with van der Waals surface area (Å²) in [6.45, 7) is 5.02. The molecule has 118 valence electrons. The molecule has 1 aromatic heterocycles. The molecule has 1 aliphatic carbocycles. The summed E-state index contributed by atoms with van der Waals surface area (Å²) in [6, 6.07) is 0.203. The first-order valence-corrected chi connectivity index (χ1v) is 7.76. The Morgan fingerprint density at radius 1 is 1.48 bits per heavy atom. The highest BCUT2D eigenvalue weighted by molar-refractivity contribution is 5.60. The summed E-state index contributed by atoms with van der Waals surface area (Å²) in [5.74, 6) is 0.924. The van der Waals surface area contributed by atoms with E-state index in [1.54, 1.807) is 11.6 Å². The summed E-state index contributed by atoms with van der Waals surface area (Å²) in [5.41, 5.74) is 6.42. The van der Waals surface area contributed by atoms with Crippen LogP contribution in [0.25, 0.3) is 0 Å². The summed E-state index contributed by atoms with van der Waals surface area (Å²) in [4.78, 5) is 11.0. The molecular weight excluding hydrogens is 270 g/mol. The second-order valence-corrected chi connectivity index (χ2v) is 5.79. The minimum atomic E-state index is -0.336. The van der Waals surface area contributed by atoms with E-state index in [0.717, 1.165) is 25.7 Å². The number of aryl methyl sites for hydroxylation is 2. The predicted octanol–water partition coefficient (Wildman–Crippen LogP) is 2.44. The number of nitro groups is 1. The Morgan fingerprint density at radius 3 is 2.81 bits per heavy atom. The highest BCUT2D eigenvalue weighted by Crippen LogP contribution is 2.33. The fourth-order valence-corrected chi connectivity index (χ4v) is 3.16. The third-order valence-corrected chi connectivity index (χ3v) is 4.25. The number of nitrogens with two attached hydrogens (primary N) is 1. The number of nitrogens with one attached hydrogen (secondary N) is 1. The van der Waals surface area contributed by atoms with Crippen LogP contribution in [0, 0.1) is 23.0 Å². The molecule has 0 bridgehead atoms. The third-order valence-electron chi connectivity index (χ3n) is 4.25. The molecule has 1 saturated carbocycles. The van der Waals surface area contributed by atoms with Gasteiger partial charge in [0.15, 0.2) is 0 Å². The molecule has 1 aliphatic rings. The molecule has 7 nitrogen and oxygen atoms in total. The molecule has 0 amide bonds. The van der Waals surface area contributed by atoms with Crippen molar-refractivity contribution in [2.24, 2.45) is 11.7 Å². The van der Waals surface area contributed by atoms with Crippen LogP contribution in [-0.2, 0) is 6.54 Å². The van der Waals surface area contributed by atoms with E-state index in [-0.39, 0.29) is 16.7 Å². The number of aromatic nitrogens is 2. The Hall–Kier alpha value is -1.63. The van der Waals surface area contributed by atoms with Crippen molar-refractivity contribution >= 4 is 11.5 Å². The van der Waals surface area contributed by atoms with E-state index in [0.29, 0.717) is 30.5 Å². The van der Waals surface area contributed by atoms with Crippen LogP contribution in [-0.4, -0.2) is 27.3 Å². The molecule has 7 heteroatoms. The monoisotopic (exact) mass is 295 g/mol. The van der Waals surface area contributed by atoms with Crippen molar-refractivity contribution in [3.8, 4) is 0 Å². The number of anilines is 1. The zero-order valence-corrected chi connectivity index (χ0v) is 12.8. The summed E-state index contributed by atoms with van der Waals surface area (Å²) in [6.07, 6.45) is 5.31. The largest absolute Gasteiger partial charge is 0.361 e. The van der Waals surface area contributed by atoms with Gasteiger partial charge in [0.25, 0.3) is 0 Å². The van der Waals surface area contributed by atoms with Crippen LogP contribution in [0.5, 0.6) is 0 Å². The highest BCUT2D eigenvalue weighted by Gasteiger charge is 2.30. The Balaban J connectivity index is 2.30. The summed E-state index contributed by atoms with van der Waals surface area (Å²) < 4.78 is 1.73. The zero-order valence-electron chi connectivity index (χ0n) is 12.8. The van der Waals surface area contributed by atoms with Crippen molar-refractivity contribution in [1.82, 2.24) is 9.78 Å². The van der Waals surface area contributed by atoms with E-state index in [2.05, 4.69) is 10.4 Å². The number of rotatable bonds is 6. The van der Waals surface area contributed by atoms with Crippen LogP contribution in [0.4, 0.5) is 11.5 Å². The minimum Gasteiger partial charge on any atom is -0.361 e. The average Bonchev–Trinajstić information content (AvgIpc) is 2.76. The first kappa shape index (κ1) is 15.8. The minimum absolute atomic E-state index is 0.102. The third kappa shape index (κ3) is 3.34. The Bertz CT molecular complexity index is 500. The van der Waals surface area contributed by atoms with Gasteiger partial charge in [-0.1, -0.05) is 19.8 Å². The number of nitrogens with zero attached hydrogens (tertiary/aromatic N) is 3. The lowest BCUT2D eigenvalue weighted by Crippen LogP contribution is -2.37. The molecule has 21 heavy (non-hydrogen) atoms. The molecule has 0 saturated heterocycles. The molecule has 0 aliphatic heterocycles. The standard InChI is InChI=1S/C14H25N5O2/c1-3-8-18-14(13(19(20)21)10(2)17-18)16-12-7-5-4-6-11(12)9-15/h11-12,16H,3-9,15H2,1-2H3. The van der Waals surface area contributed by atoms with Gasteiger partial charge in [0.05, 0.1) is 4.92 Å². The molecule has 1 heterocycles. The van der Waals surface area contributed by atoms with Crippen LogP contribution in [0.2, 0.25) is 0 Å². The zero-order chi connectivity index (χ0) is 15.4. The number of hydrogen-bond acceptors (Lipinski definition) is 5. The second-order valence-electron chi connectivity index (χ2n) is 5.79. The molecule has 0 radical (unpaired) electrons. The van der Waals surface area contributed by atoms with E-state index in [9.17, 15) is 10.1 Å². The van der Waals surface area contributed by atoms with Gasteiger partial charge in [-0.25, -0.2) is 4.68 Å². The maximum atomic E-state index is 11.3. The average molecular weight is 295 g/mol. The van der Waals surface area contributed by atoms with Gasteiger partial charge in [0, 0.05) is 12.6 Å². The summed E-state index contributed by atoms with van der Waals surface area (Å²) in [5, 5.41) is 19.0. The molecule has 1 aromatic rings. The van der Waals surface area contributed by atoms with Crippen molar-refractivity contribution in [3.63, 3.8) is 0 Å². The highest BCUT2D eigenvalue weighted by atomic mass is 16.6. The van der Waals surface area contributed by atoms with Crippen LogP contribution < -0.4 is 11.1 Å². The molecule has 1 fully saturated rings. The van der Waals surface area contributed by atoms with Crippen LogP contribution in [0.1, 0.15) is 44.7 Å². The first-order chi connectivity index (χ1) is 10.1. The van der Waals surface area contributed by atoms with Gasteiger partial charge < -0.3 is 11.1 Å². The van der Waals surface area contributed by atoms with Crippen molar-refractivity contribution in [2.75, 3.05) is 11.9 Å². The molecule has 2 rings (SSSR count). The fourth-order valence-electron chi connectivity index (χ4n) is 3.16. The number of hydrogen-bond donors (Lipinski definition) is 2. The van der Waals surface area contributed by atoms with Crippen LogP contribution in [0.15, 0.2) is 0 Å². The van der Waals surface area contributed by atoms with Gasteiger partial charge in [0.1, 0.15) is 5.69 Å². The van der Waals surface area contributed by atoms with E-state index in [4.69, 9.17) is 5.73 Å². The molecule has 0 spiro atoms. The maximum Gasteiger partial charge on any atom is 0.333 e. The van der Waals surface area contributed by atoms with E-state index < -0.39 is 0 Å². The topological polar surface area (TPSA) is 99.0 Å². The molecule has 2 unspecified atom stereocenters. The molecule has 0 aromatic carbocycles. The second kappa shape index (κ2) is 6.89. The van der Waals surface area contributed by atoms with Crippen molar-refractivity contribution in [2.45, 2.75) is 58.5 Å². The van der Waals surface area contributed by atoms with Gasteiger partial charge >= 0.3 is 5.69 Å². The van der Waals surface area contributed by atoms with E-state index >= 15 is 0 Å². The van der Waals surface area contributed by atoms with Gasteiger partial charge in [-0.3, -0.25) is 10.1 Å². The van der Waals surface area contributed by atoms with Gasteiger partial charge in [-0.05, 0) is 38.6 Å². The molecule has 3 N–H and O–H groups in total. The molecular formula is C14H25N5O2. The molecule has 2 atom stereocenters. The predicted molar refractivity (Wildman–Crippen MR) is 82.3 cm³/mol. The summed E-state index contributed by atoms with van der Waals surface area (Å²) in [7, 11) is 0. The Kier molecular flexibility index (Phi) is 5.17. The lowest BCUT2D eigenvalue weighted by Gasteiger charge is -2.31. The van der Waals surface area contributed by atoms with Gasteiger partial charge in [-0.2, -0.15) is 5.10 Å². The lowest BCUT2D eigenvalue weighted by atomic mass is 9.84.